The number of hydrogen-bond acceptors (Lipinski definition) is 10. The number of carbonyl (C=O) groups excluding carboxylic acids is 6. The quantitative estimate of drug-likeness (QED) is 0.138. The highest BCUT2D eigenvalue weighted by molar-refractivity contribution is 6.31. The molecule has 0 saturated carbocycles. The molecule has 0 saturated heterocycles. The van der Waals surface area contributed by atoms with Gasteiger partial charge >= 0.3 is 11.9 Å². The Kier molecular flexibility index (Phi) is 11.5. The first kappa shape index (κ1) is 36.4. The van der Waals surface area contributed by atoms with Crippen LogP contribution in [0.25, 0.3) is 0 Å². The lowest BCUT2D eigenvalue weighted by atomic mass is 10.0. The van der Waals surface area contributed by atoms with E-state index in [9.17, 15) is 28.8 Å². The summed E-state index contributed by atoms with van der Waals surface area (Å²) in [7, 11) is 2.81. The molecule has 15 heteroatoms. The van der Waals surface area contributed by atoms with Gasteiger partial charge in [-0.25, -0.2) is 9.59 Å². The molecule has 262 valence electrons. The zero-order valence-corrected chi connectivity index (χ0v) is 28.6. The number of amides is 4. The van der Waals surface area contributed by atoms with Gasteiger partial charge in [0.25, 0.3) is 23.6 Å². The summed E-state index contributed by atoms with van der Waals surface area (Å²) in [6, 6.07) is 19.9. The number of methoxy groups -OCH3 is 2. The molecule has 5 rings (SSSR count). The van der Waals surface area contributed by atoms with E-state index in [-0.39, 0.29) is 34.5 Å². The topological polar surface area (TPSA) is 167 Å². The second-order valence-corrected chi connectivity index (χ2v) is 11.8. The molecule has 1 unspecified atom stereocenters. The number of halogens is 2. The molecule has 1 atom stereocenters. The van der Waals surface area contributed by atoms with E-state index in [1.165, 1.54) is 38.5 Å². The number of nitrogens with one attached hydrogen (secondary N) is 2. The fraction of sp³-hybridized carbons (Fsp3) is 0.167. The van der Waals surface area contributed by atoms with Crippen LogP contribution in [0.3, 0.4) is 0 Å². The lowest BCUT2D eigenvalue weighted by Crippen LogP contribution is -2.47. The van der Waals surface area contributed by atoms with E-state index in [2.05, 4.69) is 10.6 Å². The van der Waals surface area contributed by atoms with Gasteiger partial charge in [-0.2, -0.15) is 0 Å². The second kappa shape index (κ2) is 16.2. The summed E-state index contributed by atoms with van der Waals surface area (Å²) in [5, 5.41) is 5.76. The van der Waals surface area contributed by atoms with Crippen LogP contribution in [-0.4, -0.2) is 73.9 Å². The Morgan fingerprint density at radius 2 is 1.24 bits per heavy atom. The molecule has 0 fully saturated rings. The molecule has 0 aliphatic carbocycles. The van der Waals surface area contributed by atoms with Gasteiger partial charge < -0.3 is 29.6 Å². The predicted molar refractivity (Wildman–Crippen MR) is 185 cm³/mol. The minimum Gasteiger partial charge on any atom is -0.495 e. The normalized spacial score (nSPS) is 12.4. The van der Waals surface area contributed by atoms with E-state index in [0.29, 0.717) is 27.1 Å². The van der Waals surface area contributed by atoms with Crippen molar-refractivity contribution in [3.63, 3.8) is 0 Å². The van der Waals surface area contributed by atoms with Gasteiger partial charge in [0.2, 0.25) is 0 Å². The van der Waals surface area contributed by atoms with Crippen molar-refractivity contribution in [2.75, 3.05) is 38.1 Å². The number of imide groups is 1. The van der Waals surface area contributed by atoms with Crippen molar-refractivity contribution >= 4 is 70.1 Å². The molecule has 0 radical (unpaired) electrons. The summed E-state index contributed by atoms with van der Waals surface area (Å²) in [4.78, 5) is 79.6. The molecule has 4 amide bonds. The second-order valence-electron chi connectivity index (χ2n) is 10.9. The third-order valence-electron chi connectivity index (χ3n) is 7.56. The van der Waals surface area contributed by atoms with Gasteiger partial charge in [-0.05, 0) is 60.2 Å². The Hall–Kier alpha value is -5.92. The molecular formula is C36H29Cl2N3O10. The Balaban J connectivity index is 1.29. The number of hydrogen-bond donors (Lipinski definition) is 2. The number of benzene rings is 4. The molecule has 0 spiro atoms. The maximum Gasteiger partial charge on any atom is 0.338 e. The van der Waals surface area contributed by atoms with E-state index in [0.717, 1.165) is 11.0 Å². The Bertz CT molecular complexity index is 2020. The summed E-state index contributed by atoms with van der Waals surface area (Å²) < 4.78 is 20.8. The average Bonchev–Trinajstić information content (AvgIpc) is 3.37. The van der Waals surface area contributed by atoms with Crippen LogP contribution in [0.4, 0.5) is 11.4 Å². The first-order valence-corrected chi connectivity index (χ1v) is 15.9. The number of rotatable bonds is 13. The van der Waals surface area contributed by atoms with Crippen molar-refractivity contribution in [3.05, 3.63) is 117 Å². The van der Waals surface area contributed by atoms with Crippen LogP contribution in [0.5, 0.6) is 11.5 Å². The number of carbonyl (C=O) groups is 6. The molecule has 51 heavy (non-hydrogen) atoms. The van der Waals surface area contributed by atoms with E-state index >= 15 is 0 Å². The summed E-state index contributed by atoms with van der Waals surface area (Å²) >= 11 is 12.0. The minimum atomic E-state index is -1.48. The Morgan fingerprint density at radius 1 is 0.686 bits per heavy atom. The summed E-state index contributed by atoms with van der Waals surface area (Å²) in [5.74, 6) is -4.43. The molecular weight excluding hydrogens is 705 g/mol. The number of ether oxygens (including phenoxy) is 4. The van der Waals surface area contributed by atoms with E-state index in [4.69, 9.17) is 42.1 Å². The lowest BCUT2D eigenvalue weighted by Gasteiger charge is -2.24. The maximum absolute atomic E-state index is 13.7. The Morgan fingerprint density at radius 3 is 1.80 bits per heavy atom. The van der Waals surface area contributed by atoms with Gasteiger partial charge in [0.15, 0.2) is 13.2 Å². The molecule has 1 heterocycles. The molecule has 0 aromatic heterocycles. The third-order valence-corrected chi connectivity index (χ3v) is 8.03. The van der Waals surface area contributed by atoms with Crippen molar-refractivity contribution in [2.45, 2.75) is 12.5 Å². The minimum absolute atomic E-state index is 0.0704. The number of anilines is 2. The van der Waals surface area contributed by atoms with Crippen molar-refractivity contribution in [2.24, 2.45) is 0 Å². The highest BCUT2D eigenvalue weighted by Crippen LogP contribution is 2.30. The van der Waals surface area contributed by atoms with Crippen LogP contribution in [0.1, 0.15) is 36.6 Å². The zero-order valence-electron chi connectivity index (χ0n) is 27.1. The van der Waals surface area contributed by atoms with Crippen LogP contribution in [-0.2, 0) is 30.3 Å². The summed E-state index contributed by atoms with van der Waals surface area (Å²) in [6.07, 6.45) is -0.129. The molecule has 1 aliphatic heterocycles. The van der Waals surface area contributed by atoms with Gasteiger partial charge in [0, 0.05) is 16.5 Å². The largest absolute Gasteiger partial charge is 0.495 e. The average molecular weight is 735 g/mol. The van der Waals surface area contributed by atoms with Crippen molar-refractivity contribution in [3.8, 4) is 11.5 Å². The first-order valence-electron chi connectivity index (χ1n) is 15.2. The van der Waals surface area contributed by atoms with Crippen LogP contribution >= 0.6 is 23.2 Å². The van der Waals surface area contributed by atoms with E-state index in [1.807, 2.05) is 0 Å². The monoisotopic (exact) mass is 733 g/mol. The first-order chi connectivity index (χ1) is 24.5. The molecule has 4 aromatic carbocycles. The van der Waals surface area contributed by atoms with Gasteiger partial charge in [-0.3, -0.25) is 24.1 Å². The number of nitrogens with zero attached hydrogens (tertiary/aromatic N) is 1. The lowest BCUT2D eigenvalue weighted by molar-refractivity contribution is -0.151. The smallest absolute Gasteiger partial charge is 0.338 e. The number of esters is 2. The van der Waals surface area contributed by atoms with Crippen molar-refractivity contribution in [1.82, 2.24) is 4.90 Å². The summed E-state index contributed by atoms with van der Waals surface area (Å²) in [6.45, 7) is -1.44. The van der Waals surface area contributed by atoms with Gasteiger partial charge in [-0.1, -0.05) is 53.5 Å². The zero-order chi connectivity index (χ0) is 36.7. The van der Waals surface area contributed by atoms with Crippen LogP contribution in [0.2, 0.25) is 10.0 Å². The standard InChI is InChI=1S/C36H29Cl2N3O10/c1-48-29-12-9-22(37)16-26(29)39-31(42)18-50-35(46)21-8-11-24-25(15-21)34(45)41(33(24)44)28(14-20-6-4-3-5-7-20)36(47)51-19-32(43)40-27-17-23(38)10-13-30(27)49-2/h3-13,15-17,28H,14,18-19H2,1-2H3,(H,39,42)(H,40,43). The number of fused-ring (bicyclic) bond motifs is 1. The SMILES string of the molecule is COc1ccc(Cl)cc1NC(=O)COC(=O)c1ccc2c(c1)C(=O)N(C(Cc1ccccc1)C(=O)OCC(=O)Nc1cc(Cl)ccc1OC)C2=O. The van der Waals surface area contributed by atoms with E-state index < -0.39 is 54.8 Å². The highest BCUT2D eigenvalue weighted by Gasteiger charge is 2.44. The highest BCUT2D eigenvalue weighted by atomic mass is 35.5. The molecule has 4 aromatic rings. The molecule has 0 bridgehead atoms. The van der Waals surface area contributed by atoms with Crippen LogP contribution < -0.4 is 20.1 Å². The summed E-state index contributed by atoms with van der Waals surface area (Å²) in [5.41, 5.74) is 0.738. The maximum atomic E-state index is 13.7. The van der Waals surface area contributed by atoms with Crippen LogP contribution in [0, 0.1) is 0 Å². The van der Waals surface area contributed by atoms with Gasteiger partial charge in [-0.15, -0.1) is 0 Å². The van der Waals surface area contributed by atoms with Gasteiger partial charge in [0.05, 0.1) is 42.3 Å². The third kappa shape index (κ3) is 8.63. The van der Waals surface area contributed by atoms with Crippen molar-refractivity contribution in [1.29, 1.82) is 0 Å². The van der Waals surface area contributed by atoms with E-state index in [1.54, 1.807) is 54.6 Å². The van der Waals surface area contributed by atoms with Crippen LogP contribution in [0.15, 0.2) is 84.9 Å². The predicted octanol–water partition coefficient (Wildman–Crippen LogP) is 5.20. The molecule has 13 nitrogen and oxygen atoms in total. The fourth-order valence-corrected chi connectivity index (χ4v) is 5.51. The van der Waals surface area contributed by atoms with Gasteiger partial charge in [0.1, 0.15) is 17.5 Å². The molecule has 1 aliphatic rings. The molecule has 2 N–H and O–H groups in total. The Labute approximate surface area is 301 Å². The van der Waals surface area contributed by atoms with Crippen molar-refractivity contribution < 1.29 is 47.7 Å². The fourth-order valence-electron chi connectivity index (χ4n) is 5.16.